The normalized spacial score (nSPS) is 10.5. The molecule has 28 heavy (non-hydrogen) atoms. The molecule has 2 aromatic carbocycles. The van der Waals surface area contributed by atoms with Crippen molar-refractivity contribution in [1.82, 2.24) is 4.57 Å². The highest BCUT2D eigenvalue weighted by Crippen LogP contribution is 2.19. The van der Waals surface area contributed by atoms with Crippen LogP contribution in [0.2, 0.25) is 0 Å². The summed E-state index contributed by atoms with van der Waals surface area (Å²) in [7, 11) is 0. The van der Waals surface area contributed by atoms with Crippen LogP contribution in [0.3, 0.4) is 0 Å². The number of ketones is 1. The van der Waals surface area contributed by atoms with Crippen molar-refractivity contribution in [2.45, 2.75) is 13.5 Å². The fraction of sp³-hybridized carbons (Fsp3) is 0.182. The molecule has 6 nitrogen and oxygen atoms in total. The van der Waals surface area contributed by atoms with Crippen LogP contribution in [-0.4, -0.2) is 34.6 Å². The summed E-state index contributed by atoms with van der Waals surface area (Å²) < 4.78 is 12.7. The van der Waals surface area contributed by atoms with Crippen molar-refractivity contribution in [3.8, 4) is 11.5 Å². The standard InChI is InChI=1S/C22H21NO5/c1-16-7-9-17(10-8-16)22(26)20-6-3-11-23(20)12-13-27-18-4-2-5-19(14-18)28-15-21(24)25/h2-11,14H,12-13,15H2,1H3,(H,24,25). The van der Waals surface area contributed by atoms with Crippen molar-refractivity contribution in [1.29, 1.82) is 0 Å². The summed E-state index contributed by atoms with van der Waals surface area (Å²) in [6.45, 7) is 2.43. The number of carboxylic acid groups (broad SMARTS) is 1. The average Bonchev–Trinajstić information content (AvgIpc) is 3.15. The molecule has 3 rings (SSSR count). The maximum absolute atomic E-state index is 12.7. The fourth-order valence-corrected chi connectivity index (χ4v) is 2.73. The second-order valence-electron chi connectivity index (χ2n) is 6.29. The zero-order chi connectivity index (χ0) is 19.9. The highest BCUT2D eigenvalue weighted by Gasteiger charge is 2.13. The number of aliphatic carboxylic acids is 1. The summed E-state index contributed by atoms with van der Waals surface area (Å²) in [5, 5.41) is 8.67. The van der Waals surface area contributed by atoms with E-state index in [-0.39, 0.29) is 5.78 Å². The number of hydrogen-bond donors (Lipinski definition) is 1. The van der Waals surface area contributed by atoms with E-state index in [9.17, 15) is 9.59 Å². The van der Waals surface area contributed by atoms with Gasteiger partial charge in [-0.2, -0.15) is 0 Å². The van der Waals surface area contributed by atoms with Crippen LogP contribution in [0.15, 0.2) is 66.9 Å². The first-order chi connectivity index (χ1) is 13.5. The van der Waals surface area contributed by atoms with Crippen molar-refractivity contribution in [3.63, 3.8) is 0 Å². The summed E-state index contributed by atoms with van der Waals surface area (Å²) in [6, 6.07) is 17.9. The Morgan fingerprint density at radius 2 is 1.68 bits per heavy atom. The van der Waals surface area contributed by atoms with Crippen LogP contribution in [0.4, 0.5) is 0 Å². The number of nitrogens with zero attached hydrogens (tertiary/aromatic N) is 1. The molecule has 0 amide bonds. The van der Waals surface area contributed by atoms with Crippen molar-refractivity contribution >= 4 is 11.8 Å². The van der Waals surface area contributed by atoms with Gasteiger partial charge in [-0.25, -0.2) is 4.79 Å². The first-order valence-corrected chi connectivity index (χ1v) is 8.87. The van der Waals surface area contributed by atoms with Crippen LogP contribution in [0.1, 0.15) is 21.6 Å². The largest absolute Gasteiger partial charge is 0.492 e. The molecule has 1 heterocycles. The molecule has 0 bridgehead atoms. The molecule has 6 heteroatoms. The molecule has 0 unspecified atom stereocenters. The number of carbonyl (C=O) groups excluding carboxylic acids is 1. The Morgan fingerprint density at radius 3 is 2.39 bits per heavy atom. The first-order valence-electron chi connectivity index (χ1n) is 8.87. The Hall–Kier alpha value is -3.54. The van der Waals surface area contributed by atoms with Crippen LogP contribution < -0.4 is 9.47 Å². The van der Waals surface area contributed by atoms with Gasteiger partial charge in [-0.3, -0.25) is 4.79 Å². The molecule has 0 aliphatic heterocycles. The Morgan fingerprint density at radius 1 is 0.964 bits per heavy atom. The lowest BCUT2D eigenvalue weighted by Gasteiger charge is -2.11. The van der Waals surface area contributed by atoms with E-state index in [0.29, 0.717) is 35.9 Å². The van der Waals surface area contributed by atoms with Gasteiger partial charge in [0.15, 0.2) is 6.61 Å². The number of aryl methyl sites for hydroxylation is 1. The lowest BCUT2D eigenvalue weighted by atomic mass is 10.1. The SMILES string of the molecule is Cc1ccc(C(=O)c2cccn2CCOc2cccc(OCC(=O)O)c2)cc1. The van der Waals surface area contributed by atoms with Crippen LogP contribution in [0.25, 0.3) is 0 Å². The molecule has 0 saturated carbocycles. The summed E-state index contributed by atoms with van der Waals surface area (Å²) in [5.74, 6) is -0.0728. The van der Waals surface area contributed by atoms with E-state index in [1.807, 2.05) is 48.0 Å². The predicted molar refractivity (Wildman–Crippen MR) is 104 cm³/mol. The van der Waals surface area contributed by atoms with Crippen LogP contribution in [-0.2, 0) is 11.3 Å². The smallest absolute Gasteiger partial charge is 0.341 e. The Balaban J connectivity index is 1.60. The zero-order valence-electron chi connectivity index (χ0n) is 15.5. The molecule has 0 aliphatic rings. The van der Waals surface area contributed by atoms with Gasteiger partial charge in [-0.15, -0.1) is 0 Å². The van der Waals surface area contributed by atoms with Crippen molar-refractivity contribution in [3.05, 3.63) is 83.7 Å². The van der Waals surface area contributed by atoms with E-state index in [4.69, 9.17) is 14.6 Å². The molecule has 0 radical (unpaired) electrons. The van der Waals surface area contributed by atoms with E-state index in [0.717, 1.165) is 5.56 Å². The average molecular weight is 379 g/mol. The van der Waals surface area contributed by atoms with Gasteiger partial charge in [0.25, 0.3) is 0 Å². The number of carbonyl (C=O) groups is 2. The monoisotopic (exact) mass is 379 g/mol. The van der Waals surface area contributed by atoms with Crippen LogP contribution in [0, 0.1) is 6.92 Å². The van der Waals surface area contributed by atoms with Crippen LogP contribution in [0.5, 0.6) is 11.5 Å². The van der Waals surface area contributed by atoms with E-state index < -0.39 is 12.6 Å². The van der Waals surface area contributed by atoms with Gasteiger partial charge in [0, 0.05) is 17.8 Å². The molecule has 0 aliphatic carbocycles. The van der Waals surface area contributed by atoms with Gasteiger partial charge in [-0.05, 0) is 31.2 Å². The zero-order valence-corrected chi connectivity index (χ0v) is 15.5. The minimum Gasteiger partial charge on any atom is -0.492 e. The summed E-state index contributed by atoms with van der Waals surface area (Å²) in [5.41, 5.74) is 2.36. The minimum atomic E-state index is -1.04. The third-order valence-electron chi connectivity index (χ3n) is 4.14. The maximum atomic E-state index is 12.7. The lowest BCUT2D eigenvalue weighted by Crippen LogP contribution is -2.14. The number of benzene rings is 2. The van der Waals surface area contributed by atoms with Gasteiger partial charge in [-0.1, -0.05) is 35.9 Å². The quantitative estimate of drug-likeness (QED) is 0.575. The second kappa shape index (κ2) is 8.90. The molecule has 144 valence electrons. The van der Waals surface area contributed by atoms with Gasteiger partial charge >= 0.3 is 5.97 Å². The van der Waals surface area contributed by atoms with Crippen LogP contribution >= 0.6 is 0 Å². The Bertz CT molecular complexity index is 959. The topological polar surface area (TPSA) is 77.8 Å². The highest BCUT2D eigenvalue weighted by atomic mass is 16.5. The number of aromatic nitrogens is 1. The summed E-state index contributed by atoms with van der Waals surface area (Å²) >= 11 is 0. The minimum absolute atomic E-state index is 0.0333. The van der Waals surface area contributed by atoms with Crippen molar-refractivity contribution in [2.24, 2.45) is 0 Å². The first kappa shape index (κ1) is 19.2. The third-order valence-corrected chi connectivity index (χ3v) is 4.14. The van der Waals surface area contributed by atoms with Crippen molar-refractivity contribution in [2.75, 3.05) is 13.2 Å². The van der Waals surface area contributed by atoms with Gasteiger partial charge in [0.1, 0.15) is 18.1 Å². The van der Waals surface area contributed by atoms with E-state index >= 15 is 0 Å². The Kier molecular flexibility index (Phi) is 6.11. The third kappa shape index (κ3) is 5.01. The molecular weight excluding hydrogens is 358 g/mol. The molecule has 1 aromatic heterocycles. The van der Waals surface area contributed by atoms with E-state index in [2.05, 4.69) is 0 Å². The highest BCUT2D eigenvalue weighted by molar-refractivity contribution is 6.08. The molecule has 0 saturated heterocycles. The number of carboxylic acids is 1. The lowest BCUT2D eigenvalue weighted by molar-refractivity contribution is -0.139. The number of hydrogen-bond acceptors (Lipinski definition) is 4. The number of rotatable bonds is 9. The van der Waals surface area contributed by atoms with E-state index in [1.165, 1.54) is 0 Å². The van der Waals surface area contributed by atoms with Gasteiger partial charge in [0.2, 0.25) is 5.78 Å². The second-order valence-corrected chi connectivity index (χ2v) is 6.29. The molecule has 1 N–H and O–H groups in total. The summed E-state index contributed by atoms with van der Waals surface area (Å²) in [6.07, 6.45) is 1.84. The fourth-order valence-electron chi connectivity index (χ4n) is 2.73. The van der Waals surface area contributed by atoms with Crippen molar-refractivity contribution < 1.29 is 24.2 Å². The predicted octanol–water partition coefficient (Wildman–Crippen LogP) is 3.57. The maximum Gasteiger partial charge on any atom is 0.341 e. The Labute approximate surface area is 162 Å². The number of ether oxygens (including phenoxy) is 2. The molecular formula is C22H21NO5. The molecule has 0 spiro atoms. The molecule has 3 aromatic rings. The molecule has 0 fully saturated rings. The van der Waals surface area contributed by atoms with E-state index in [1.54, 1.807) is 30.3 Å². The molecule has 0 atom stereocenters. The summed E-state index contributed by atoms with van der Waals surface area (Å²) in [4.78, 5) is 23.3. The van der Waals surface area contributed by atoms with Gasteiger partial charge < -0.3 is 19.1 Å². The van der Waals surface area contributed by atoms with Gasteiger partial charge in [0.05, 0.1) is 12.2 Å².